The molecule has 5 heteroatoms. The van der Waals surface area contributed by atoms with Crippen LogP contribution in [-0.2, 0) is 11.2 Å². The normalized spacial score (nSPS) is 17.6. The zero-order valence-corrected chi connectivity index (χ0v) is 12.8. The molecule has 0 aliphatic carbocycles. The maximum absolute atomic E-state index is 11.7. The Morgan fingerprint density at radius 3 is 2.38 bits per heavy atom. The lowest BCUT2D eigenvalue weighted by atomic mass is 10.1. The van der Waals surface area contributed by atoms with Gasteiger partial charge in [-0.15, -0.1) is 0 Å². The van der Waals surface area contributed by atoms with Crippen molar-refractivity contribution in [1.29, 1.82) is 0 Å². The minimum Gasteiger partial charge on any atom is -0.497 e. The fourth-order valence-electron chi connectivity index (χ4n) is 2.54. The molecule has 1 amide bonds. The number of methoxy groups -OCH3 is 1. The second-order valence-electron chi connectivity index (χ2n) is 5.44. The van der Waals surface area contributed by atoms with E-state index in [9.17, 15) is 9.90 Å². The number of nitrogens with zero attached hydrogens (tertiary/aromatic N) is 2. The van der Waals surface area contributed by atoms with Crippen molar-refractivity contribution >= 4 is 5.91 Å². The highest BCUT2D eigenvalue weighted by Gasteiger charge is 2.23. The summed E-state index contributed by atoms with van der Waals surface area (Å²) in [6, 6.07) is 8.14. The van der Waals surface area contributed by atoms with Crippen molar-refractivity contribution in [2.45, 2.75) is 19.4 Å². The minimum atomic E-state index is -0.893. The molecule has 116 valence electrons. The number of hydrogen-bond donors (Lipinski definition) is 1. The number of piperazine rings is 1. The zero-order valence-electron chi connectivity index (χ0n) is 12.8. The molecule has 1 aromatic carbocycles. The average Bonchev–Trinajstić information content (AvgIpc) is 2.53. The van der Waals surface area contributed by atoms with Crippen LogP contribution in [0.4, 0.5) is 0 Å². The minimum absolute atomic E-state index is 0.162. The van der Waals surface area contributed by atoms with Gasteiger partial charge in [0, 0.05) is 32.7 Å². The van der Waals surface area contributed by atoms with Crippen molar-refractivity contribution in [3.8, 4) is 5.75 Å². The van der Waals surface area contributed by atoms with E-state index >= 15 is 0 Å². The first-order chi connectivity index (χ1) is 10.1. The molecule has 0 bridgehead atoms. The van der Waals surface area contributed by atoms with E-state index < -0.39 is 6.10 Å². The number of hydrogen-bond acceptors (Lipinski definition) is 4. The van der Waals surface area contributed by atoms with E-state index in [1.807, 2.05) is 12.1 Å². The summed E-state index contributed by atoms with van der Waals surface area (Å²) in [6.45, 7) is 5.66. The molecule has 1 atom stereocenters. The van der Waals surface area contributed by atoms with Crippen LogP contribution in [0.2, 0.25) is 0 Å². The molecule has 1 aromatic rings. The predicted molar refractivity (Wildman–Crippen MR) is 81.4 cm³/mol. The number of ether oxygens (including phenoxy) is 1. The third-order valence-electron chi connectivity index (χ3n) is 3.92. The van der Waals surface area contributed by atoms with Crippen LogP contribution in [0.3, 0.4) is 0 Å². The van der Waals surface area contributed by atoms with Gasteiger partial charge in [-0.25, -0.2) is 0 Å². The highest BCUT2D eigenvalue weighted by Crippen LogP contribution is 2.12. The van der Waals surface area contributed by atoms with Crippen LogP contribution in [-0.4, -0.2) is 66.8 Å². The zero-order chi connectivity index (χ0) is 15.2. The van der Waals surface area contributed by atoms with E-state index in [2.05, 4.69) is 17.0 Å². The fraction of sp³-hybridized carbons (Fsp3) is 0.562. The molecule has 21 heavy (non-hydrogen) atoms. The summed E-state index contributed by atoms with van der Waals surface area (Å²) >= 11 is 0. The summed E-state index contributed by atoms with van der Waals surface area (Å²) in [6.07, 6.45) is 0.102. The van der Waals surface area contributed by atoms with Gasteiger partial charge in [0.2, 0.25) is 0 Å². The molecule has 2 rings (SSSR count). The molecule has 0 radical (unpaired) electrons. The van der Waals surface area contributed by atoms with Gasteiger partial charge >= 0.3 is 0 Å². The number of benzene rings is 1. The summed E-state index contributed by atoms with van der Waals surface area (Å²) in [7, 11) is 1.67. The van der Waals surface area contributed by atoms with Gasteiger partial charge in [0.1, 0.15) is 11.9 Å². The summed E-state index contributed by atoms with van der Waals surface area (Å²) < 4.78 is 5.15. The molecule has 0 saturated carbocycles. The highest BCUT2D eigenvalue weighted by molar-refractivity contribution is 5.80. The van der Waals surface area contributed by atoms with Crippen molar-refractivity contribution in [3.63, 3.8) is 0 Å². The Kier molecular flexibility index (Phi) is 5.59. The molecular weight excluding hydrogens is 268 g/mol. The van der Waals surface area contributed by atoms with Crippen LogP contribution in [0.25, 0.3) is 0 Å². The Morgan fingerprint density at radius 1 is 1.24 bits per heavy atom. The first kappa shape index (κ1) is 15.8. The van der Waals surface area contributed by atoms with E-state index in [1.165, 1.54) is 12.5 Å². The van der Waals surface area contributed by atoms with Gasteiger partial charge in [-0.1, -0.05) is 12.1 Å². The van der Waals surface area contributed by atoms with E-state index in [4.69, 9.17) is 4.74 Å². The number of aliphatic hydroxyl groups is 1. The van der Waals surface area contributed by atoms with Gasteiger partial charge in [0.05, 0.1) is 7.11 Å². The number of aliphatic hydroxyl groups excluding tert-OH is 1. The van der Waals surface area contributed by atoms with Gasteiger partial charge in [-0.05, 0) is 31.0 Å². The highest BCUT2D eigenvalue weighted by atomic mass is 16.5. The lowest BCUT2D eigenvalue weighted by Gasteiger charge is -2.35. The lowest BCUT2D eigenvalue weighted by molar-refractivity contribution is -0.141. The molecule has 1 fully saturated rings. The van der Waals surface area contributed by atoms with Gasteiger partial charge in [0.25, 0.3) is 5.91 Å². The second kappa shape index (κ2) is 7.43. The van der Waals surface area contributed by atoms with Crippen LogP contribution in [0.1, 0.15) is 12.5 Å². The molecule has 0 aromatic heterocycles. The Morgan fingerprint density at radius 2 is 1.86 bits per heavy atom. The summed E-state index contributed by atoms with van der Waals surface area (Å²) in [5, 5.41) is 9.32. The van der Waals surface area contributed by atoms with Crippen molar-refractivity contribution in [2.24, 2.45) is 0 Å². The molecule has 1 aliphatic rings. The van der Waals surface area contributed by atoms with Gasteiger partial charge < -0.3 is 14.7 Å². The molecule has 0 spiro atoms. The Balaban J connectivity index is 1.74. The molecule has 1 heterocycles. The van der Waals surface area contributed by atoms with Crippen molar-refractivity contribution in [3.05, 3.63) is 29.8 Å². The van der Waals surface area contributed by atoms with E-state index in [0.29, 0.717) is 13.1 Å². The fourth-order valence-corrected chi connectivity index (χ4v) is 2.54. The molecular formula is C16H24N2O3. The van der Waals surface area contributed by atoms with E-state index in [0.717, 1.165) is 31.8 Å². The van der Waals surface area contributed by atoms with Crippen molar-refractivity contribution in [1.82, 2.24) is 9.80 Å². The molecule has 5 nitrogen and oxygen atoms in total. The summed E-state index contributed by atoms with van der Waals surface area (Å²) in [5.41, 5.74) is 1.29. The Hall–Kier alpha value is -1.59. The van der Waals surface area contributed by atoms with Gasteiger partial charge in [0.15, 0.2) is 0 Å². The van der Waals surface area contributed by atoms with E-state index in [1.54, 1.807) is 12.0 Å². The molecule has 1 saturated heterocycles. The largest absolute Gasteiger partial charge is 0.497 e. The number of carbonyl (C=O) groups is 1. The maximum Gasteiger partial charge on any atom is 0.251 e. The van der Waals surface area contributed by atoms with Crippen molar-refractivity contribution < 1.29 is 14.6 Å². The first-order valence-electron chi connectivity index (χ1n) is 7.42. The van der Waals surface area contributed by atoms with Gasteiger partial charge in [-0.3, -0.25) is 9.69 Å². The summed E-state index contributed by atoms with van der Waals surface area (Å²) in [5.74, 6) is 0.716. The smallest absolute Gasteiger partial charge is 0.251 e. The van der Waals surface area contributed by atoms with Crippen LogP contribution < -0.4 is 4.74 Å². The monoisotopic (exact) mass is 292 g/mol. The first-order valence-corrected chi connectivity index (χ1v) is 7.42. The SMILES string of the molecule is COc1ccc(CCN2CCN(C(=O)C(C)O)CC2)cc1. The van der Waals surface area contributed by atoms with Crippen LogP contribution in [0.5, 0.6) is 5.75 Å². The van der Waals surface area contributed by atoms with E-state index in [-0.39, 0.29) is 5.91 Å². The quantitative estimate of drug-likeness (QED) is 0.871. The molecule has 1 N–H and O–H groups in total. The van der Waals surface area contributed by atoms with Crippen LogP contribution in [0.15, 0.2) is 24.3 Å². The average molecular weight is 292 g/mol. The number of carbonyl (C=O) groups excluding carboxylic acids is 1. The van der Waals surface area contributed by atoms with Gasteiger partial charge in [-0.2, -0.15) is 0 Å². The van der Waals surface area contributed by atoms with Crippen LogP contribution in [0, 0.1) is 0 Å². The molecule has 1 unspecified atom stereocenters. The summed E-state index contributed by atoms with van der Waals surface area (Å²) in [4.78, 5) is 15.8. The number of rotatable bonds is 5. The van der Waals surface area contributed by atoms with Crippen molar-refractivity contribution in [2.75, 3.05) is 39.8 Å². The Labute approximate surface area is 126 Å². The topological polar surface area (TPSA) is 53.0 Å². The molecule has 1 aliphatic heterocycles. The van der Waals surface area contributed by atoms with Crippen LogP contribution >= 0.6 is 0 Å². The maximum atomic E-state index is 11.7. The number of amides is 1. The predicted octanol–water partition coefficient (Wildman–Crippen LogP) is 0.763. The lowest BCUT2D eigenvalue weighted by Crippen LogP contribution is -2.51. The Bertz CT molecular complexity index is 451. The second-order valence-corrected chi connectivity index (χ2v) is 5.44. The third kappa shape index (κ3) is 4.44. The standard InChI is InChI=1S/C16H24N2O3/c1-13(19)16(20)18-11-9-17(10-12-18)8-7-14-3-5-15(21-2)6-4-14/h3-6,13,19H,7-12H2,1-2H3. The third-order valence-corrected chi connectivity index (χ3v) is 3.92.